The molecule has 0 aliphatic carbocycles. The predicted molar refractivity (Wildman–Crippen MR) is 60.2 cm³/mol. The monoisotopic (exact) mass is 180 g/mol. The van der Waals surface area contributed by atoms with Crippen LogP contribution >= 0.6 is 0 Å². The van der Waals surface area contributed by atoms with E-state index in [0.717, 1.165) is 11.8 Å². The summed E-state index contributed by atoms with van der Waals surface area (Å²) in [6, 6.07) is 0. The van der Waals surface area contributed by atoms with Gasteiger partial charge in [0.2, 0.25) is 0 Å². The summed E-state index contributed by atoms with van der Waals surface area (Å²) in [7, 11) is 2.30. The third-order valence-corrected chi connectivity index (χ3v) is 3.58. The molecular weight excluding hydrogens is 157 g/mol. The molecule has 13 heavy (non-hydrogen) atoms. The highest BCUT2D eigenvalue weighted by molar-refractivity contribution is 6.35. The van der Waals surface area contributed by atoms with E-state index >= 15 is 0 Å². The van der Waals surface area contributed by atoms with Crippen molar-refractivity contribution in [2.24, 2.45) is 11.8 Å². The minimum absolute atomic E-state index is 0.674. The van der Waals surface area contributed by atoms with E-state index in [1.165, 1.54) is 25.9 Å². The summed E-state index contributed by atoms with van der Waals surface area (Å²) in [6.45, 7) is 11.8. The number of piperidine rings is 1. The van der Waals surface area contributed by atoms with Gasteiger partial charge in [-0.25, -0.2) is 0 Å². The smallest absolute Gasteiger partial charge is 0.129 e. The Kier molecular flexibility index (Phi) is 4.31. The van der Waals surface area contributed by atoms with Crippen molar-refractivity contribution in [3.05, 3.63) is 0 Å². The van der Waals surface area contributed by atoms with Gasteiger partial charge < -0.3 is 4.90 Å². The van der Waals surface area contributed by atoms with Gasteiger partial charge in [-0.1, -0.05) is 27.6 Å². The van der Waals surface area contributed by atoms with Gasteiger partial charge in [0.15, 0.2) is 0 Å². The molecule has 1 nitrogen and oxygen atoms in total. The minimum atomic E-state index is 0.674. The molecule has 0 N–H and O–H groups in total. The molecule has 0 aromatic carbocycles. The molecule has 0 aromatic heterocycles. The van der Waals surface area contributed by atoms with Gasteiger partial charge in [-0.05, 0) is 43.7 Å². The molecule has 0 amide bonds. The molecule has 0 spiro atoms. The Morgan fingerprint density at radius 2 is 1.69 bits per heavy atom. The third-order valence-electron chi connectivity index (χ3n) is 3.58. The Hall–Kier alpha value is 0.0249. The van der Waals surface area contributed by atoms with Crippen LogP contribution in [0.1, 0.15) is 33.6 Å². The maximum absolute atomic E-state index is 2.60. The first-order chi connectivity index (χ1) is 6.15. The van der Waals surface area contributed by atoms with Crippen LogP contribution in [0.2, 0.25) is 6.82 Å². The Morgan fingerprint density at radius 3 is 2.08 bits per heavy atom. The van der Waals surface area contributed by atoms with Crippen molar-refractivity contribution in [2.45, 2.75) is 46.4 Å². The van der Waals surface area contributed by atoms with E-state index < -0.39 is 0 Å². The van der Waals surface area contributed by atoms with E-state index in [4.69, 9.17) is 0 Å². The molecule has 1 fully saturated rings. The van der Waals surface area contributed by atoms with E-state index in [9.17, 15) is 0 Å². The van der Waals surface area contributed by atoms with Crippen molar-refractivity contribution in [3.63, 3.8) is 0 Å². The van der Waals surface area contributed by atoms with Crippen LogP contribution in [-0.2, 0) is 0 Å². The number of hydrogen-bond donors (Lipinski definition) is 0. The maximum atomic E-state index is 2.60. The fourth-order valence-corrected chi connectivity index (χ4v) is 2.20. The average molecular weight is 180 g/mol. The fourth-order valence-electron chi connectivity index (χ4n) is 2.20. The summed E-state index contributed by atoms with van der Waals surface area (Å²) in [5.41, 5.74) is 0. The summed E-state index contributed by atoms with van der Waals surface area (Å²) in [5.74, 6) is 2.52. The van der Waals surface area contributed by atoms with E-state index in [1.54, 1.807) is 0 Å². The summed E-state index contributed by atoms with van der Waals surface area (Å²) < 4.78 is 0. The van der Waals surface area contributed by atoms with Crippen LogP contribution in [0, 0.1) is 11.8 Å². The molecule has 2 heteroatoms. The standard InChI is InChI=1S/C11H23BN/c1-9(2)11-5-7-13(8-6-11)10(3)12-4/h9-11H,5-8H2,1-4H3. The van der Waals surface area contributed by atoms with Crippen molar-refractivity contribution < 1.29 is 0 Å². The lowest BCUT2D eigenvalue weighted by Gasteiger charge is -2.37. The number of rotatable bonds is 3. The molecule has 1 aliphatic rings. The fraction of sp³-hybridized carbons (Fsp3) is 1.00. The van der Waals surface area contributed by atoms with Crippen LogP contribution in [0.25, 0.3) is 0 Å². The van der Waals surface area contributed by atoms with E-state index in [-0.39, 0.29) is 0 Å². The first-order valence-electron chi connectivity index (χ1n) is 5.68. The lowest BCUT2D eigenvalue weighted by molar-refractivity contribution is 0.149. The van der Waals surface area contributed by atoms with Crippen molar-refractivity contribution in [2.75, 3.05) is 13.1 Å². The number of likely N-dealkylation sites (tertiary alicyclic amines) is 1. The van der Waals surface area contributed by atoms with Crippen LogP contribution in [-0.4, -0.2) is 31.2 Å². The third kappa shape index (κ3) is 3.01. The molecule has 0 saturated carbocycles. The summed E-state index contributed by atoms with van der Waals surface area (Å²) in [5, 5.41) is 0. The zero-order chi connectivity index (χ0) is 9.84. The minimum Gasteiger partial charge on any atom is -0.309 e. The summed E-state index contributed by atoms with van der Waals surface area (Å²) in [6.07, 6.45) is 2.80. The average Bonchev–Trinajstić information content (AvgIpc) is 2.17. The lowest BCUT2D eigenvalue weighted by Crippen LogP contribution is -2.43. The van der Waals surface area contributed by atoms with Crippen molar-refractivity contribution in [1.29, 1.82) is 0 Å². The quantitative estimate of drug-likeness (QED) is 0.603. The maximum Gasteiger partial charge on any atom is 0.129 e. The topological polar surface area (TPSA) is 3.24 Å². The van der Waals surface area contributed by atoms with E-state index in [2.05, 4.69) is 39.8 Å². The molecule has 1 radical (unpaired) electrons. The zero-order valence-corrected chi connectivity index (χ0v) is 9.59. The summed E-state index contributed by atoms with van der Waals surface area (Å²) in [4.78, 5) is 2.60. The molecule has 0 aromatic rings. The molecule has 0 bridgehead atoms. The molecular formula is C11H23BN. The first-order valence-corrected chi connectivity index (χ1v) is 5.68. The molecule has 1 unspecified atom stereocenters. The Labute approximate surface area is 84.1 Å². The van der Waals surface area contributed by atoms with Crippen LogP contribution in [0.3, 0.4) is 0 Å². The van der Waals surface area contributed by atoms with E-state index in [0.29, 0.717) is 5.94 Å². The van der Waals surface area contributed by atoms with Crippen molar-refractivity contribution in [1.82, 2.24) is 4.90 Å². The highest BCUT2D eigenvalue weighted by atomic mass is 15.1. The van der Waals surface area contributed by atoms with Crippen LogP contribution < -0.4 is 0 Å². The van der Waals surface area contributed by atoms with Crippen molar-refractivity contribution in [3.8, 4) is 0 Å². The summed E-state index contributed by atoms with van der Waals surface area (Å²) >= 11 is 0. The molecule has 1 rings (SSSR count). The normalized spacial score (nSPS) is 23.5. The predicted octanol–water partition coefficient (Wildman–Crippen LogP) is 2.45. The highest BCUT2D eigenvalue weighted by Crippen LogP contribution is 2.25. The molecule has 1 atom stereocenters. The molecule has 1 aliphatic heterocycles. The van der Waals surface area contributed by atoms with Crippen molar-refractivity contribution >= 4 is 7.28 Å². The number of nitrogens with zero attached hydrogens (tertiary/aromatic N) is 1. The SMILES string of the molecule is C[B]C(C)N1CCC(C(C)C)CC1. The van der Waals surface area contributed by atoms with Gasteiger partial charge in [0.25, 0.3) is 0 Å². The van der Waals surface area contributed by atoms with Gasteiger partial charge in [-0.3, -0.25) is 0 Å². The van der Waals surface area contributed by atoms with Crippen LogP contribution in [0.4, 0.5) is 0 Å². The van der Waals surface area contributed by atoms with Gasteiger partial charge >= 0.3 is 0 Å². The molecule has 75 valence electrons. The van der Waals surface area contributed by atoms with Gasteiger partial charge in [0, 0.05) is 0 Å². The lowest BCUT2D eigenvalue weighted by atomic mass is 9.71. The van der Waals surface area contributed by atoms with Gasteiger partial charge in [0.1, 0.15) is 7.28 Å². The first kappa shape index (κ1) is 11.1. The second-order valence-electron chi connectivity index (χ2n) is 4.69. The molecule has 1 saturated heterocycles. The van der Waals surface area contributed by atoms with Gasteiger partial charge in [-0.15, -0.1) is 0 Å². The Bertz CT molecular complexity index is 139. The van der Waals surface area contributed by atoms with E-state index in [1.807, 2.05) is 0 Å². The highest BCUT2D eigenvalue weighted by Gasteiger charge is 2.23. The second kappa shape index (κ2) is 5.04. The van der Waals surface area contributed by atoms with Crippen LogP contribution in [0.15, 0.2) is 0 Å². The Balaban J connectivity index is 2.30. The second-order valence-corrected chi connectivity index (χ2v) is 4.69. The zero-order valence-electron chi connectivity index (χ0n) is 9.59. The number of hydrogen-bond acceptors (Lipinski definition) is 1. The molecule has 1 heterocycles. The largest absolute Gasteiger partial charge is 0.309 e. The van der Waals surface area contributed by atoms with Crippen LogP contribution in [0.5, 0.6) is 0 Å². The Morgan fingerprint density at radius 1 is 1.15 bits per heavy atom. The van der Waals surface area contributed by atoms with Gasteiger partial charge in [-0.2, -0.15) is 0 Å². The van der Waals surface area contributed by atoms with Gasteiger partial charge in [0.05, 0.1) is 0 Å².